The Morgan fingerprint density at radius 1 is 1.11 bits per heavy atom. The van der Waals surface area contributed by atoms with Gasteiger partial charge in [-0.05, 0) is 37.3 Å². The Hall–Kier alpha value is -2.37. The molecule has 0 spiro atoms. The van der Waals surface area contributed by atoms with Crippen molar-refractivity contribution in [3.63, 3.8) is 0 Å². The smallest absolute Gasteiger partial charge is 0.407 e. The van der Waals surface area contributed by atoms with Crippen LogP contribution >= 0.6 is 0 Å². The fraction of sp³-hybridized carbons (Fsp3) is 0.409. The van der Waals surface area contributed by atoms with Gasteiger partial charge in [0.15, 0.2) is 0 Å². The summed E-state index contributed by atoms with van der Waals surface area (Å²) in [5, 5.41) is 16.9. The first-order valence-corrected chi connectivity index (χ1v) is 9.58. The van der Waals surface area contributed by atoms with Gasteiger partial charge in [0.1, 0.15) is 6.61 Å². The summed E-state index contributed by atoms with van der Waals surface area (Å²) in [6.45, 7) is 2.36. The van der Waals surface area contributed by atoms with Crippen molar-refractivity contribution in [1.29, 1.82) is 0 Å². The Morgan fingerprint density at radius 3 is 2.44 bits per heavy atom. The maximum absolute atomic E-state index is 12.0. The van der Waals surface area contributed by atoms with Crippen LogP contribution in [-0.2, 0) is 11.3 Å². The lowest BCUT2D eigenvalue weighted by molar-refractivity contribution is 0.0668. The third kappa shape index (κ3) is 5.81. The number of hydrogen-bond acceptors (Lipinski definition) is 4. The Balaban J connectivity index is 1.42. The third-order valence-electron chi connectivity index (χ3n) is 5.11. The molecular weight excluding hydrogens is 340 g/mol. The van der Waals surface area contributed by atoms with Crippen LogP contribution in [0.4, 0.5) is 4.79 Å². The molecule has 144 valence electrons. The Bertz CT molecular complexity index is 708. The van der Waals surface area contributed by atoms with Crippen LogP contribution in [-0.4, -0.2) is 29.4 Å². The molecule has 0 saturated heterocycles. The minimum absolute atomic E-state index is 0.0265. The van der Waals surface area contributed by atoms with E-state index in [-0.39, 0.29) is 24.7 Å². The third-order valence-corrected chi connectivity index (χ3v) is 5.11. The average Bonchev–Trinajstić information content (AvgIpc) is 2.70. The molecule has 0 aliphatic heterocycles. The monoisotopic (exact) mass is 368 g/mol. The molecule has 27 heavy (non-hydrogen) atoms. The van der Waals surface area contributed by atoms with Crippen molar-refractivity contribution in [2.24, 2.45) is 0 Å². The molecule has 2 aromatic rings. The van der Waals surface area contributed by atoms with E-state index in [1.165, 1.54) is 5.56 Å². The molecule has 5 nitrogen and oxygen atoms in total. The SMILES string of the molecule is C[C@H](N[C@H]1CC[C@H](NC(=O)OCc2ccccc2)CC1O)c1ccccc1. The zero-order chi connectivity index (χ0) is 19.1. The molecule has 1 unspecified atom stereocenters. The topological polar surface area (TPSA) is 70.6 Å². The second-order valence-electron chi connectivity index (χ2n) is 7.19. The number of carbonyl (C=O) groups excluding carboxylic acids is 1. The second kappa shape index (κ2) is 9.53. The number of benzene rings is 2. The average molecular weight is 368 g/mol. The first-order valence-electron chi connectivity index (χ1n) is 9.58. The number of rotatable bonds is 6. The molecule has 3 rings (SSSR count). The van der Waals surface area contributed by atoms with Crippen molar-refractivity contribution in [2.75, 3.05) is 0 Å². The number of aliphatic hydroxyl groups excluding tert-OH is 1. The van der Waals surface area contributed by atoms with E-state index < -0.39 is 12.2 Å². The van der Waals surface area contributed by atoms with Crippen molar-refractivity contribution < 1.29 is 14.6 Å². The van der Waals surface area contributed by atoms with Crippen LogP contribution in [0.15, 0.2) is 60.7 Å². The molecule has 0 radical (unpaired) electrons. The lowest BCUT2D eigenvalue weighted by atomic mass is 9.88. The first-order chi connectivity index (χ1) is 13.1. The number of alkyl carbamates (subject to hydrolysis) is 1. The second-order valence-corrected chi connectivity index (χ2v) is 7.19. The molecule has 0 heterocycles. The lowest BCUT2D eigenvalue weighted by Crippen LogP contribution is -2.50. The number of amides is 1. The van der Waals surface area contributed by atoms with Gasteiger partial charge >= 0.3 is 6.09 Å². The molecule has 1 amide bonds. The van der Waals surface area contributed by atoms with Crippen LogP contribution in [0.1, 0.15) is 43.4 Å². The maximum atomic E-state index is 12.0. The quantitative estimate of drug-likeness (QED) is 0.729. The van der Waals surface area contributed by atoms with E-state index in [1.807, 2.05) is 48.5 Å². The van der Waals surface area contributed by atoms with Gasteiger partial charge in [-0.25, -0.2) is 4.79 Å². The van der Waals surface area contributed by atoms with E-state index in [4.69, 9.17) is 4.74 Å². The standard InChI is InChI=1S/C22H28N2O3/c1-16(18-10-6-3-7-11-18)23-20-13-12-19(14-21(20)25)24-22(26)27-15-17-8-4-2-5-9-17/h2-11,16,19-21,23,25H,12-15H2,1H3,(H,24,26)/t16-,19-,20-,21?/m0/s1. The number of hydrogen-bond donors (Lipinski definition) is 3. The van der Waals surface area contributed by atoms with Crippen molar-refractivity contribution >= 4 is 6.09 Å². The zero-order valence-corrected chi connectivity index (χ0v) is 15.7. The molecule has 2 aromatic carbocycles. The summed E-state index contributed by atoms with van der Waals surface area (Å²) in [5.74, 6) is 0. The van der Waals surface area contributed by atoms with E-state index in [2.05, 4.69) is 29.7 Å². The van der Waals surface area contributed by atoms with Crippen LogP contribution in [0.25, 0.3) is 0 Å². The molecule has 4 atom stereocenters. The summed E-state index contributed by atoms with van der Waals surface area (Å²) in [6, 6.07) is 19.9. The van der Waals surface area contributed by atoms with Crippen LogP contribution in [0.5, 0.6) is 0 Å². The highest BCUT2D eigenvalue weighted by atomic mass is 16.5. The van der Waals surface area contributed by atoms with E-state index in [9.17, 15) is 9.90 Å². The van der Waals surface area contributed by atoms with E-state index in [1.54, 1.807) is 0 Å². The minimum Gasteiger partial charge on any atom is -0.445 e. The fourth-order valence-corrected chi connectivity index (χ4v) is 3.56. The van der Waals surface area contributed by atoms with Crippen molar-refractivity contribution in [3.05, 3.63) is 71.8 Å². The van der Waals surface area contributed by atoms with Gasteiger partial charge < -0.3 is 20.5 Å². The van der Waals surface area contributed by atoms with Gasteiger partial charge in [0, 0.05) is 18.1 Å². The molecule has 1 fully saturated rings. The van der Waals surface area contributed by atoms with Crippen molar-refractivity contribution in [2.45, 2.75) is 57.0 Å². The predicted molar refractivity (Wildman–Crippen MR) is 105 cm³/mol. The number of carbonyl (C=O) groups is 1. The number of ether oxygens (including phenoxy) is 1. The fourth-order valence-electron chi connectivity index (χ4n) is 3.56. The first kappa shape index (κ1) is 19.4. The van der Waals surface area contributed by atoms with Crippen LogP contribution < -0.4 is 10.6 Å². The molecule has 1 saturated carbocycles. The van der Waals surface area contributed by atoms with E-state index in [0.717, 1.165) is 18.4 Å². The number of aliphatic hydroxyl groups is 1. The van der Waals surface area contributed by atoms with Crippen LogP contribution in [0, 0.1) is 0 Å². The molecule has 5 heteroatoms. The highest BCUT2D eigenvalue weighted by molar-refractivity contribution is 5.67. The Kier molecular flexibility index (Phi) is 6.85. The Morgan fingerprint density at radius 2 is 1.78 bits per heavy atom. The summed E-state index contributed by atoms with van der Waals surface area (Å²) in [5.41, 5.74) is 2.16. The van der Waals surface area contributed by atoms with Gasteiger partial charge in [-0.15, -0.1) is 0 Å². The van der Waals surface area contributed by atoms with Crippen LogP contribution in [0.3, 0.4) is 0 Å². The summed E-state index contributed by atoms with van der Waals surface area (Å²) in [6.07, 6.45) is 1.22. The minimum atomic E-state index is -0.496. The summed E-state index contributed by atoms with van der Waals surface area (Å²) in [7, 11) is 0. The summed E-state index contributed by atoms with van der Waals surface area (Å²) >= 11 is 0. The van der Waals surface area contributed by atoms with Gasteiger partial charge in [-0.3, -0.25) is 0 Å². The highest BCUT2D eigenvalue weighted by Crippen LogP contribution is 2.23. The zero-order valence-electron chi connectivity index (χ0n) is 15.7. The lowest BCUT2D eigenvalue weighted by Gasteiger charge is -2.35. The molecule has 3 N–H and O–H groups in total. The largest absolute Gasteiger partial charge is 0.445 e. The van der Waals surface area contributed by atoms with Crippen molar-refractivity contribution in [1.82, 2.24) is 10.6 Å². The summed E-state index contributed by atoms with van der Waals surface area (Å²) < 4.78 is 5.27. The van der Waals surface area contributed by atoms with E-state index in [0.29, 0.717) is 6.42 Å². The molecule has 0 aromatic heterocycles. The molecule has 1 aliphatic rings. The van der Waals surface area contributed by atoms with Gasteiger partial charge in [0.05, 0.1) is 6.10 Å². The molecule has 1 aliphatic carbocycles. The predicted octanol–water partition coefficient (Wildman–Crippen LogP) is 3.55. The highest BCUT2D eigenvalue weighted by Gasteiger charge is 2.31. The molecular formula is C22H28N2O3. The van der Waals surface area contributed by atoms with Gasteiger partial charge in [-0.2, -0.15) is 0 Å². The van der Waals surface area contributed by atoms with E-state index >= 15 is 0 Å². The number of nitrogens with one attached hydrogen (secondary N) is 2. The Labute approximate surface area is 160 Å². The van der Waals surface area contributed by atoms with Crippen LogP contribution in [0.2, 0.25) is 0 Å². The van der Waals surface area contributed by atoms with Gasteiger partial charge in [-0.1, -0.05) is 60.7 Å². The normalized spacial score (nSPS) is 23.4. The summed E-state index contributed by atoms with van der Waals surface area (Å²) in [4.78, 5) is 12.0. The van der Waals surface area contributed by atoms with Gasteiger partial charge in [0.25, 0.3) is 0 Å². The van der Waals surface area contributed by atoms with Gasteiger partial charge in [0.2, 0.25) is 0 Å². The maximum Gasteiger partial charge on any atom is 0.407 e. The van der Waals surface area contributed by atoms with Crippen molar-refractivity contribution in [3.8, 4) is 0 Å². The molecule has 0 bridgehead atoms.